The summed E-state index contributed by atoms with van der Waals surface area (Å²) >= 11 is 0. The molecule has 0 aliphatic heterocycles. The lowest BCUT2D eigenvalue weighted by molar-refractivity contribution is 0.0946. The van der Waals surface area contributed by atoms with Gasteiger partial charge < -0.3 is 15.4 Å². The first-order chi connectivity index (χ1) is 13.2. The van der Waals surface area contributed by atoms with Gasteiger partial charge in [-0.05, 0) is 47.9 Å². The van der Waals surface area contributed by atoms with Crippen LogP contribution in [-0.2, 0) is 13.0 Å². The average molecular weight is 363 g/mol. The first-order valence-corrected chi connectivity index (χ1v) is 8.61. The Bertz CT molecular complexity index is 886. The van der Waals surface area contributed by atoms with E-state index in [1.165, 1.54) is 0 Å². The van der Waals surface area contributed by atoms with Gasteiger partial charge in [-0.1, -0.05) is 12.1 Å². The second-order valence-electron chi connectivity index (χ2n) is 5.83. The smallest absolute Gasteiger partial charge is 0.270 e. The molecule has 1 aromatic carbocycles. The molecule has 0 atom stereocenters. The molecule has 1 amide bonds. The maximum absolute atomic E-state index is 12.3. The predicted molar refractivity (Wildman–Crippen MR) is 103 cm³/mol. The van der Waals surface area contributed by atoms with E-state index in [-0.39, 0.29) is 5.91 Å². The molecular weight excluding hydrogens is 342 g/mol. The number of methoxy groups -OCH3 is 1. The van der Waals surface area contributed by atoms with E-state index in [2.05, 4.69) is 25.6 Å². The van der Waals surface area contributed by atoms with Crippen molar-refractivity contribution < 1.29 is 9.53 Å². The van der Waals surface area contributed by atoms with Crippen LogP contribution >= 0.6 is 0 Å². The molecule has 2 heterocycles. The third-order valence-corrected chi connectivity index (χ3v) is 3.92. The number of amides is 1. The van der Waals surface area contributed by atoms with Crippen molar-refractivity contribution in [1.82, 2.24) is 20.3 Å². The van der Waals surface area contributed by atoms with Crippen molar-refractivity contribution in [2.75, 3.05) is 19.0 Å². The van der Waals surface area contributed by atoms with E-state index in [4.69, 9.17) is 4.74 Å². The Morgan fingerprint density at radius 2 is 1.93 bits per heavy atom. The lowest BCUT2D eigenvalue weighted by Gasteiger charge is -2.08. The highest BCUT2D eigenvalue weighted by atomic mass is 16.5. The molecule has 0 aliphatic carbocycles. The normalized spacial score (nSPS) is 10.3. The zero-order valence-corrected chi connectivity index (χ0v) is 15.1. The molecule has 0 saturated carbocycles. The van der Waals surface area contributed by atoms with Crippen molar-refractivity contribution in [1.29, 1.82) is 0 Å². The number of carbonyl (C=O) groups is 1. The number of hydrogen-bond donors (Lipinski definition) is 2. The minimum Gasteiger partial charge on any atom is -0.497 e. The zero-order chi connectivity index (χ0) is 18.9. The minimum absolute atomic E-state index is 0.245. The van der Waals surface area contributed by atoms with Crippen LogP contribution in [0.1, 0.15) is 21.6 Å². The zero-order valence-electron chi connectivity index (χ0n) is 15.1. The van der Waals surface area contributed by atoms with Crippen LogP contribution in [0.25, 0.3) is 0 Å². The molecule has 2 aromatic heterocycles. The molecule has 0 aliphatic rings. The Morgan fingerprint density at radius 1 is 1.07 bits per heavy atom. The van der Waals surface area contributed by atoms with Crippen LogP contribution < -0.4 is 15.4 Å². The number of benzene rings is 1. The SMILES string of the molecule is COc1cccc(CCNc2nccc(C(=O)NCc3ccncc3)n2)c1. The van der Waals surface area contributed by atoms with E-state index in [0.29, 0.717) is 24.7 Å². The van der Waals surface area contributed by atoms with Crippen molar-refractivity contribution in [2.45, 2.75) is 13.0 Å². The van der Waals surface area contributed by atoms with E-state index >= 15 is 0 Å². The summed E-state index contributed by atoms with van der Waals surface area (Å²) in [6.07, 6.45) is 5.74. The number of hydrogen-bond acceptors (Lipinski definition) is 6. The van der Waals surface area contributed by atoms with Crippen LogP contribution in [0.5, 0.6) is 5.75 Å². The van der Waals surface area contributed by atoms with E-state index in [1.807, 2.05) is 36.4 Å². The minimum atomic E-state index is -0.245. The predicted octanol–water partition coefficient (Wildman–Crippen LogP) is 2.46. The van der Waals surface area contributed by atoms with Crippen LogP contribution in [-0.4, -0.2) is 34.5 Å². The number of aromatic nitrogens is 3. The summed E-state index contributed by atoms with van der Waals surface area (Å²) in [6, 6.07) is 13.2. The number of rotatable bonds is 8. The fourth-order valence-electron chi connectivity index (χ4n) is 2.49. The highest BCUT2D eigenvalue weighted by Gasteiger charge is 2.08. The van der Waals surface area contributed by atoms with Gasteiger partial charge in [0.25, 0.3) is 5.91 Å². The molecule has 27 heavy (non-hydrogen) atoms. The topological polar surface area (TPSA) is 89.0 Å². The standard InChI is InChI=1S/C20H21N5O2/c1-27-17-4-2-3-15(13-17)7-11-22-20-23-12-8-18(25-20)19(26)24-14-16-5-9-21-10-6-16/h2-6,8-10,12-13H,7,11,14H2,1H3,(H,24,26)(H,22,23,25). The molecule has 0 radical (unpaired) electrons. The molecular formula is C20H21N5O2. The van der Waals surface area contributed by atoms with Gasteiger partial charge in [-0.15, -0.1) is 0 Å². The quantitative estimate of drug-likeness (QED) is 0.639. The maximum atomic E-state index is 12.3. The van der Waals surface area contributed by atoms with Gasteiger partial charge in [0.15, 0.2) is 0 Å². The number of pyridine rings is 1. The summed E-state index contributed by atoms with van der Waals surface area (Å²) in [5.74, 6) is 1.01. The Balaban J connectivity index is 1.52. The van der Waals surface area contributed by atoms with Crippen molar-refractivity contribution in [3.8, 4) is 5.75 Å². The maximum Gasteiger partial charge on any atom is 0.270 e. The van der Waals surface area contributed by atoms with Gasteiger partial charge in [0.05, 0.1) is 7.11 Å². The lowest BCUT2D eigenvalue weighted by Crippen LogP contribution is -2.24. The van der Waals surface area contributed by atoms with Gasteiger partial charge in [0.2, 0.25) is 5.95 Å². The van der Waals surface area contributed by atoms with Gasteiger partial charge in [0.1, 0.15) is 11.4 Å². The van der Waals surface area contributed by atoms with Crippen molar-refractivity contribution in [2.24, 2.45) is 0 Å². The Hall–Kier alpha value is -3.48. The fourth-order valence-corrected chi connectivity index (χ4v) is 2.49. The van der Waals surface area contributed by atoms with E-state index in [9.17, 15) is 4.79 Å². The molecule has 0 saturated heterocycles. The fraction of sp³-hybridized carbons (Fsp3) is 0.200. The molecule has 7 nitrogen and oxygen atoms in total. The Kier molecular flexibility index (Phi) is 6.30. The van der Waals surface area contributed by atoms with Gasteiger partial charge in [-0.25, -0.2) is 9.97 Å². The summed E-state index contributed by atoms with van der Waals surface area (Å²) in [4.78, 5) is 24.7. The Morgan fingerprint density at radius 3 is 2.74 bits per heavy atom. The molecule has 0 unspecified atom stereocenters. The molecule has 7 heteroatoms. The number of nitrogens with zero attached hydrogens (tertiary/aromatic N) is 3. The molecule has 2 N–H and O–H groups in total. The summed E-state index contributed by atoms with van der Waals surface area (Å²) in [5.41, 5.74) is 2.44. The van der Waals surface area contributed by atoms with Crippen molar-refractivity contribution in [3.05, 3.63) is 77.9 Å². The highest BCUT2D eigenvalue weighted by molar-refractivity contribution is 5.92. The second-order valence-corrected chi connectivity index (χ2v) is 5.83. The van der Waals surface area contributed by atoms with Gasteiger partial charge in [0, 0.05) is 31.7 Å². The first-order valence-electron chi connectivity index (χ1n) is 8.61. The summed E-state index contributed by atoms with van der Waals surface area (Å²) in [7, 11) is 1.65. The monoisotopic (exact) mass is 363 g/mol. The number of anilines is 1. The largest absolute Gasteiger partial charge is 0.497 e. The van der Waals surface area contributed by atoms with Crippen LogP contribution in [0.15, 0.2) is 61.1 Å². The third-order valence-electron chi connectivity index (χ3n) is 3.92. The van der Waals surface area contributed by atoms with Crippen molar-refractivity contribution in [3.63, 3.8) is 0 Å². The molecule has 0 fully saturated rings. The van der Waals surface area contributed by atoms with Crippen LogP contribution in [0.3, 0.4) is 0 Å². The Labute approximate surface area is 157 Å². The summed E-state index contributed by atoms with van der Waals surface area (Å²) in [6.45, 7) is 1.07. The summed E-state index contributed by atoms with van der Waals surface area (Å²) in [5, 5.41) is 5.99. The highest BCUT2D eigenvalue weighted by Crippen LogP contribution is 2.13. The van der Waals surface area contributed by atoms with E-state index < -0.39 is 0 Å². The van der Waals surface area contributed by atoms with Crippen LogP contribution in [0, 0.1) is 0 Å². The lowest BCUT2D eigenvalue weighted by atomic mass is 10.1. The van der Waals surface area contributed by atoms with E-state index in [0.717, 1.165) is 23.3 Å². The second kappa shape index (κ2) is 9.28. The first kappa shape index (κ1) is 18.3. The average Bonchev–Trinajstić information content (AvgIpc) is 2.73. The molecule has 0 bridgehead atoms. The van der Waals surface area contributed by atoms with E-state index in [1.54, 1.807) is 31.8 Å². The number of ether oxygens (including phenoxy) is 1. The molecule has 138 valence electrons. The third kappa shape index (κ3) is 5.50. The molecule has 3 rings (SSSR count). The molecule has 0 spiro atoms. The van der Waals surface area contributed by atoms with Crippen molar-refractivity contribution >= 4 is 11.9 Å². The molecule has 3 aromatic rings. The van der Waals surface area contributed by atoms with Crippen LogP contribution in [0.2, 0.25) is 0 Å². The van der Waals surface area contributed by atoms with Gasteiger partial charge in [-0.3, -0.25) is 9.78 Å². The number of nitrogens with one attached hydrogen (secondary N) is 2. The summed E-state index contributed by atoms with van der Waals surface area (Å²) < 4.78 is 5.22. The number of carbonyl (C=O) groups excluding carboxylic acids is 1. The van der Waals surface area contributed by atoms with Gasteiger partial charge in [-0.2, -0.15) is 0 Å². The van der Waals surface area contributed by atoms with Gasteiger partial charge >= 0.3 is 0 Å². The van der Waals surface area contributed by atoms with Crippen LogP contribution in [0.4, 0.5) is 5.95 Å².